The minimum atomic E-state index is -4.30. The van der Waals surface area contributed by atoms with Crippen LogP contribution in [-0.4, -0.2) is 73.4 Å². The zero-order valence-electron chi connectivity index (χ0n) is 44.1. The Hall–Kier alpha value is -6.78. The molecule has 0 atom stereocenters. The highest BCUT2D eigenvalue weighted by atomic mass is 79.9. The molecular formula is C60H53Br3O16S2. The maximum atomic E-state index is 13.1. The first-order valence-corrected chi connectivity index (χ1v) is 30.0. The molecule has 21 heteroatoms. The van der Waals surface area contributed by atoms with Crippen LogP contribution in [-0.2, 0) is 46.2 Å². The molecule has 0 saturated carbocycles. The number of allylic oxidation sites excluding steroid dienone is 5. The number of carbonyl (C=O) groups is 6. The van der Waals surface area contributed by atoms with Gasteiger partial charge in [-0.3, -0.25) is 28.8 Å². The Labute approximate surface area is 493 Å². The van der Waals surface area contributed by atoms with Gasteiger partial charge in [-0.05, 0) is 196 Å². The maximum absolute atomic E-state index is 13.1. The van der Waals surface area contributed by atoms with Crippen LogP contribution in [0.1, 0.15) is 147 Å². The quantitative estimate of drug-likeness (QED) is 0.123. The lowest BCUT2D eigenvalue weighted by Gasteiger charge is -2.34. The highest BCUT2D eigenvalue weighted by molar-refractivity contribution is 9.12. The van der Waals surface area contributed by atoms with Gasteiger partial charge in [-0.2, -0.15) is 16.8 Å². The molecule has 3 aliphatic heterocycles. The van der Waals surface area contributed by atoms with Gasteiger partial charge in [0.15, 0.2) is 0 Å². The summed E-state index contributed by atoms with van der Waals surface area (Å²) in [5, 5.41) is 10.2. The topological polar surface area (TPSA) is 237 Å². The molecule has 0 radical (unpaired) electrons. The first kappa shape index (κ1) is 60.3. The van der Waals surface area contributed by atoms with Gasteiger partial charge in [0.2, 0.25) is 46.2 Å². The molecule has 3 heterocycles. The van der Waals surface area contributed by atoms with Crippen LogP contribution in [0.25, 0.3) is 11.8 Å². The third-order valence-corrected chi connectivity index (χ3v) is 18.4. The number of fused-ring (bicyclic) bond motifs is 9. The summed E-state index contributed by atoms with van der Waals surface area (Å²) in [4.78, 5) is 75.8. The van der Waals surface area contributed by atoms with E-state index < -0.39 is 72.1 Å². The van der Waals surface area contributed by atoms with Crippen molar-refractivity contribution in [3.63, 3.8) is 0 Å². The normalized spacial score (nSPS) is 18.1. The second-order valence-electron chi connectivity index (χ2n) is 21.2. The monoisotopic (exact) mass is 1330 g/mol. The molecule has 422 valence electrons. The average Bonchev–Trinajstić information content (AvgIpc) is 3.57. The van der Waals surface area contributed by atoms with Gasteiger partial charge in [-0.15, -0.1) is 0 Å². The van der Waals surface area contributed by atoms with Crippen LogP contribution in [0.5, 0.6) is 17.2 Å². The summed E-state index contributed by atoms with van der Waals surface area (Å²) in [6.45, 7) is 15.3. The molecular weight excluding hydrogens is 1280 g/mol. The standard InChI is InChI=1S/C22H19BrO6S.C22H17BrO6S.C15H13BrO4.CH4/c2*1-12-4-6-13(7-5-12)30(26,27)29-21-18(23)20(25)17-14-10-11-22(2,3)28-16(14)9-8-15(17)19(21)24;1-15(2)6-5-7-9(20-15)4-3-8-10(7)13(18)11(16)14(19)12(8)17;/h4-9H,10-11H2,1-3H3;4-11H,1-3H3;3-4,18H,5-6H2,1-2H3;1H4. The fourth-order valence-electron chi connectivity index (χ4n) is 9.48. The van der Waals surface area contributed by atoms with Crippen molar-refractivity contribution in [1.29, 1.82) is 0 Å². The second kappa shape index (κ2) is 21.8. The summed E-state index contributed by atoms with van der Waals surface area (Å²) in [5.74, 6) is -3.32. The number of aliphatic hydroxyl groups is 1. The number of hydrogen-bond donors (Lipinski definition) is 1. The summed E-state index contributed by atoms with van der Waals surface area (Å²) in [6.07, 6.45) is 6.25. The van der Waals surface area contributed by atoms with Crippen LogP contribution >= 0.6 is 47.8 Å². The Balaban J connectivity index is 0.000000162. The largest absolute Gasteiger partial charge is 0.506 e. The lowest BCUT2D eigenvalue weighted by atomic mass is 9.84. The van der Waals surface area contributed by atoms with E-state index in [1.807, 2.05) is 55.4 Å². The highest BCUT2D eigenvalue weighted by Gasteiger charge is 2.42. The first-order chi connectivity index (χ1) is 37.3. The third kappa shape index (κ3) is 11.6. The molecule has 11 rings (SSSR count). The predicted octanol–water partition coefficient (Wildman–Crippen LogP) is 12.9. The van der Waals surface area contributed by atoms with Crippen LogP contribution < -0.4 is 14.2 Å². The molecule has 1 N–H and O–H groups in total. The molecule has 3 aliphatic carbocycles. The van der Waals surface area contributed by atoms with Crippen LogP contribution in [0.3, 0.4) is 0 Å². The summed E-state index contributed by atoms with van der Waals surface area (Å²) in [5.41, 5.74) is 3.71. The fourth-order valence-corrected chi connectivity index (χ4v) is 12.9. The molecule has 81 heavy (non-hydrogen) atoms. The van der Waals surface area contributed by atoms with Crippen molar-refractivity contribution in [3.05, 3.63) is 177 Å². The predicted molar refractivity (Wildman–Crippen MR) is 312 cm³/mol. The van der Waals surface area contributed by atoms with Crippen molar-refractivity contribution >= 4 is 115 Å². The Morgan fingerprint density at radius 1 is 0.481 bits per heavy atom. The summed E-state index contributed by atoms with van der Waals surface area (Å²) >= 11 is 9.17. The van der Waals surface area contributed by atoms with Crippen LogP contribution in [0.4, 0.5) is 0 Å². The number of carbonyl (C=O) groups excluding carboxylic acids is 6. The zero-order valence-corrected chi connectivity index (χ0v) is 50.5. The molecule has 5 aromatic carbocycles. The summed E-state index contributed by atoms with van der Waals surface area (Å²) in [7, 11) is -8.59. The zero-order chi connectivity index (χ0) is 58.3. The van der Waals surface area contributed by atoms with Gasteiger partial charge in [0.25, 0.3) is 0 Å². The number of aryl methyl sites for hydroxylation is 2. The third-order valence-electron chi connectivity index (χ3n) is 13.7. The second-order valence-corrected chi connectivity index (χ2v) is 26.7. The van der Waals surface area contributed by atoms with Gasteiger partial charge >= 0.3 is 20.2 Å². The van der Waals surface area contributed by atoms with E-state index in [0.717, 1.165) is 23.1 Å². The molecule has 5 aromatic rings. The van der Waals surface area contributed by atoms with Gasteiger partial charge in [-0.1, -0.05) is 48.9 Å². The number of ether oxygens (including phenoxy) is 3. The molecule has 0 bridgehead atoms. The van der Waals surface area contributed by atoms with Crippen molar-refractivity contribution in [2.75, 3.05) is 0 Å². The molecule has 0 saturated heterocycles. The molecule has 0 fully saturated rings. The van der Waals surface area contributed by atoms with Crippen LogP contribution in [0.15, 0.2) is 126 Å². The molecule has 0 spiro atoms. The number of rotatable bonds is 6. The van der Waals surface area contributed by atoms with E-state index >= 15 is 0 Å². The number of ketones is 6. The molecule has 0 unspecified atom stereocenters. The van der Waals surface area contributed by atoms with E-state index in [2.05, 4.69) is 47.8 Å². The Kier molecular flexibility index (Phi) is 16.3. The van der Waals surface area contributed by atoms with Crippen molar-refractivity contribution < 1.29 is 73.3 Å². The van der Waals surface area contributed by atoms with E-state index in [4.69, 9.17) is 22.6 Å². The van der Waals surface area contributed by atoms with Gasteiger partial charge in [0.1, 0.15) is 63.0 Å². The van der Waals surface area contributed by atoms with E-state index in [9.17, 15) is 50.7 Å². The summed E-state index contributed by atoms with van der Waals surface area (Å²) in [6, 6.07) is 21.4. The minimum absolute atomic E-state index is 0. The smallest absolute Gasteiger partial charge is 0.339 e. The molecule has 0 aromatic heterocycles. The SMILES string of the molecule is C.CC1(C)CCc2c(ccc3c2C(O)=C(Br)C(=O)C3=O)O1.Cc1ccc(S(=O)(=O)OC2=C(Br)C(=O)c3c(ccc4c3C=CC(C)(C)O4)C2=O)cc1.Cc1ccc(S(=O)(=O)OC2=C(Br)C(=O)c3c(ccc4c3CCC(C)(C)O4)C2=O)cc1. The van der Waals surface area contributed by atoms with E-state index in [1.54, 1.807) is 60.7 Å². The van der Waals surface area contributed by atoms with Crippen molar-refractivity contribution in [2.24, 2.45) is 0 Å². The Bertz CT molecular complexity index is 3980. The lowest BCUT2D eigenvalue weighted by molar-refractivity contribution is -0.111. The van der Waals surface area contributed by atoms with Gasteiger partial charge in [0.05, 0.1) is 0 Å². The minimum Gasteiger partial charge on any atom is -0.506 e. The van der Waals surface area contributed by atoms with Crippen LogP contribution in [0.2, 0.25) is 0 Å². The lowest BCUT2D eigenvalue weighted by Crippen LogP contribution is -2.34. The molecule has 16 nitrogen and oxygen atoms in total. The van der Waals surface area contributed by atoms with Gasteiger partial charge in [-0.25, -0.2) is 0 Å². The number of benzene rings is 5. The van der Waals surface area contributed by atoms with E-state index in [0.29, 0.717) is 53.2 Å². The Morgan fingerprint density at radius 2 is 0.877 bits per heavy atom. The molecule has 6 aliphatic rings. The number of Topliss-reactive ketones (excluding diaryl/α,β-unsaturated/α-hetero) is 6. The average molecular weight is 1330 g/mol. The van der Waals surface area contributed by atoms with Gasteiger partial charge < -0.3 is 27.7 Å². The number of halogens is 3. The van der Waals surface area contributed by atoms with Crippen molar-refractivity contribution in [2.45, 2.75) is 115 Å². The number of aliphatic hydroxyl groups excluding tert-OH is 1. The summed E-state index contributed by atoms with van der Waals surface area (Å²) < 4.78 is 78.1. The van der Waals surface area contributed by atoms with Gasteiger partial charge in [0, 0.05) is 50.1 Å². The Morgan fingerprint density at radius 3 is 1.33 bits per heavy atom. The highest BCUT2D eigenvalue weighted by Crippen LogP contribution is 2.45. The van der Waals surface area contributed by atoms with Crippen molar-refractivity contribution in [3.8, 4) is 17.2 Å². The first-order valence-electron chi connectivity index (χ1n) is 24.8. The van der Waals surface area contributed by atoms with Crippen LogP contribution in [0, 0.1) is 13.8 Å². The molecule has 0 amide bonds. The van der Waals surface area contributed by atoms with E-state index in [-0.39, 0.29) is 75.4 Å². The fraction of sp³-hybridized carbons (Fsp3) is 0.267. The number of hydrogen-bond acceptors (Lipinski definition) is 16. The van der Waals surface area contributed by atoms with Crippen molar-refractivity contribution in [1.82, 2.24) is 0 Å². The van der Waals surface area contributed by atoms with E-state index in [1.165, 1.54) is 36.4 Å². The maximum Gasteiger partial charge on any atom is 0.339 e.